The highest BCUT2D eigenvalue weighted by molar-refractivity contribution is 6.08. The lowest BCUT2D eigenvalue weighted by Crippen LogP contribution is -2.49. The first kappa shape index (κ1) is 17.5. The number of benzene rings is 1. The number of nitrogens with one attached hydrogen (secondary N) is 1. The van der Waals surface area contributed by atoms with Crippen molar-refractivity contribution < 1.29 is 14.4 Å². The predicted octanol–water partition coefficient (Wildman–Crippen LogP) is 2.46. The van der Waals surface area contributed by atoms with E-state index in [1.807, 2.05) is 37.3 Å². The molecule has 0 unspecified atom stereocenters. The third-order valence-corrected chi connectivity index (χ3v) is 5.46. The summed E-state index contributed by atoms with van der Waals surface area (Å²) in [6.45, 7) is 1.66. The van der Waals surface area contributed by atoms with Gasteiger partial charge in [-0.3, -0.25) is 14.5 Å². The second-order valence-electron chi connectivity index (χ2n) is 7.03. The van der Waals surface area contributed by atoms with E-state index < -0.39 is 5.54 Å². The van der Waals surface area contributed by atoms with Crippen molar-refractivity contribution >= 4 is 17.8 Å². The first-order valence-electron chi connectivity index (χ1n) is 8.90. The van der Waals surface area contributed by atoms with Crippen LogP contribution in [-0.4, -0.2) is 46.8 Å². The van der Waals surface area contributed by atoms with E-state index in [0.29, 0.717) is 12.8 Å². The number of carbonyl (C=O) groups excluding carboxylic acids is 3. The highest BCUT2D eigenvalue weighted by Gasteiger charge is 2.55. The smallest absolute Gasteiger partial charge is 0.327 e. The van der Waals surface area contributed by atoms with Crippen molar-refractivity contribution in [1.29, 1.82) is 0 Å². The van der Waals surface area contributed by atoms with Crippen LogP contribution in [-0.2, 0) is 9.59 Å². The van der Waals surface area contributed by atoms with Crippen LogP contribution in [0.1, 0.15) is 50.6 Å². The van der Waals surface area contributed by atoms with E-state index in [9.17, 15) is 14.4 Å². The lowest BCUT2D eigenvalue weighted by Gasteiger charge is -2.35. The van der Waals surface area contributed by atoms with Crippen molar-refractivity contribution in [3.8, 4) is 0 Å². The fourth-order valence-corrected chi connectivity index (χ4v) is 3.93. The zero-order chi connectivity index (χ0) is 18.0. The average molecular weight is 343 g/mol. The molecule has 1 saturated heterocycles. The minimum Gasteiger partial charge on any atom is -0.348 e. The van der Waals surface area contributed by atoms with Crippen molar-refractivity contribution in [3.05, 3.63) is 35.9 Å². The molecule has 25 heavy (non-hydrogen) atoms. The number of urea groups is 1. The van der Waals surface area contributed by atoms with Gasteiger partial charge >= 0.3 is 6.03 Å². The molecule has 1 aliphatic heterocycles. The van der Waals surface area contributed by atoms with Gasteiger partial charge in [-0.25, -0.2) is 4.79 Å². The lowest BCUT2D eigenvalue weighted by atomic mass is 9.81. The number of rotatable bonds is 4. The Morgan fingerprint density at radius 3 is 2.44 bits per heavy atom. The highest BCUT2D eigenvalue weighted by atomic mass is 16.2. The van der Waals surface area contributed by atoms with E-state index in [2.05, 4.69) is 5.32 Å². The fraction of sp³-hybridized carbons (Fsp3) is 0.526. The second-order valence-corrected chi connectivity index (χ2v) is 7.03. The molecule has 1 aromatic rings. The molecule has 1 N–H and O–H groups in total. The Kier molecular flexibility index (Phi) is 4.79. The maximum absolute atomic E-state index is 12.9. The molecule has 1 saturated carbocycles. The Balaban J connectivity index is 1.67. The van der Waals surface area contributed by atoms with Gasteiger partial charge in [0.25, 0.3) is 5.91 Å². The van der Waals surface area contributed by atoms with E-state index in [4.69, 9.17) is 0 Å². The molecule has 3 rings (SSSR count). The molecule has 1 aliphatic carbocycles. The van der Waals surface area contributed by atoms with Crippen molar-refractivity contribution in [2.24, 2.45) is 0 Å². The number of nitrogens with zero attached hydrogens (tertiary/aromatic N) is 2. The summed E-state index contributed by atoms with van der Waals surface area (Å²) in [4.78, 5) is 40.4. The van der Waals surface area contributed by atoms with Crippen LogP contribution in [0.5, 0.6) is 0 Å². The van der Waals surface area contributed by atoms with Crippen LogP contribution in [0.15, 0.2) is 30.3 Å². The monoisotopic (exact) mass is 343 g/mol. The van der Waals surface area contributed by atoms with Crippen LogP contribution in [0.2, 0.25) is 0 Å². The standard InChI is InChI=1S/C19H25N3O3/c1-14(15-9-5-3-6-10-15)20-16(23)13-22-17(24)19(21(2)18(22)25)11-7-4-8-12-19/h3,5-6,9-10,14H,4,7-8,11-13H2,1-2H3,(H,20,23)/t14-/m0/s1. The zero-order valence-electron chi connectivity index (χ0n) is 14.8. The normalized spacial score (nSPS) is 20.9. The summed E-state index contributed by atoms with van der Waals surface area (Å²) in [7, 11) is 1.68. The van der Waals surface area contributed by atoms with Gasteiger partial charge in [0.2, 0.25) is 5.91 Å². The van der Waals surface area contributed by atoms with Crippen LogP contribution in [0.3, 0.4) is 0 Å². The van der Waals surface area contributed by atoms with E-state index in [0.717, 1.165) is 29.7 Å². The minimum absolute atomic E-state index is 0.178. The molecule has 1 aromatic carbocycles. The summed E-state index contributed by atoms with van der Waals surface area (Å²) < 4.78 is 0. The van der Waals surface area contributed by atoms with Crippen molar-refractivity contribution in [2.75, 3.05) is 13.6 Å². The van der Waals surface area contributed by atoms with Gasteiger partial charge in [0.05, 0.1) is 6.04 Å². The minimum atomic E-state index is -0.735. The van der Waals surface area contributed by atoms with E-state index in [-0.39, 0.29) is 30.4 Å². The van der Waals surface area contributed by atoms with Gasteiger partial charge in [-0.1, -0.05) is 49.6 Å². The Hall–Kier alpha value is -2.37. The van der Waals surface area contributed by atoms with Crippen LogP contribution in [0.4, 0.5) is 4.79 Å². The van der Waals surface area contributed by atoms with Gasteiger partial charge in [-0.05, 0) is 25.3 Å². The van der Waals surface area contributed by atoms with Gasteiger partial charge in [0.15, 0.2) is 0 Å². The van der Waals surface area contributed by atoms with Crippen molar-refractivity contribution in [2.45, 2.75) is 50.6 Å². The number of amides is 4. The quantitative estimate of drug-likeness (QED) is 0.854. The summed E-state index contributed by atoms with van der Waals surface area (Å²) >= 11 is 0. The highest BCUT2D eigenvalue weighted by Crippen LogP contribution is 2.39. The third kappa shape index (κ3) is 3.13. The summed E-state index contributed by atoms with van der Waals surface area (Å²) in [5, 5.41) is 2.87. The average Bonchev–Trinajstić information content (AvgIpc) is 2.79. The molecule has 1 atom stereocenters. The Morgan fingerprint density at radius 2 is 1.80 bits per heavy atom. The zero-order valence-corrected chi connectivity index (χ0v) is 14.8. The predicted molar refractivity (Wildman–Crippen MR) is 93.7 cm³/mol. The van der Waals surface area contributed by atoms with Gasteiger partial charge in [-0.15, -0.1) is 0 Å². The van der Waals surface area contributed by atoms with E-state index in [1.165, 1.54) is 0 Å². The summed E-state index contributed by atoms with van der Waals surface area (Å²) in [6.07, 6.45) is 4.34. The molecule has 6 heteroatoms. The molecule has 1 heterocycles. The molecule has 4 amide bonds. The molecule has 0 aromatic heterocycles. The lowest BCUT2D eigenvalue weighted by molar-refractivity contribution is -0.137. The molecular formula is C19H25N3O3. The van der Waals surface area contributed by atoms with Crippen LogP contribution < -0.4 is 5.32 Å². The molecule has 2 fully saturated rings. The Morgan fingerprint density at radius 1 is 1.16 bits per heavy atom. The van der Waals surface area contributed by atoms with Crippen molar-refractivity contribution in [1.82, 2.24) is 15.1 Å². The molecule has 0 radical (unpaired) electrons. The largest absolute Gasteiger partial charge is 0.348 e. The summed E-state index contributed by atoms with van der Waals surface area (Å²) in [5.74, 6) is -0.540. The maximum Gasteiger partial charge on any atom is 0.327 e. The van der Waals surface area contributed by atoms with Crippen LogP contribution in [0.25, 0.3) is 0 Å². The topological polar surface area (TPSA) is 69.7 Å². The molecule has 1 spiro atoms. The molecular weight excluding hydrogens is 318 g/mol. The Bertz CT molecular complexity index is 668. The number of hydrogen-bond acceptors (Lipinski definition) is 3. The molecule has 134 valence electrons. The molecule has 0 bridgehead atoms. The second kappa shape index (κ2) is 6.86. The number of hydrogen-bond donors (Lipinski definition) is 1. The van der Waals surface area contributed by atoms with E-state index >= 15 is 0 Å². The number of imide groups is 1. The maximum atomic E-state index is 12.9. The third-order valence-electron chi connectivity index (χ3n) is 5.46. The van der Waals surface area contributed by atoms with E-state index in [1.54, 1.807) is 11.9 Å². The first-order valence-corrected chi connectivity index (χ1v) is 8.90. The SMILES string of the molecule is C[C@H](NC(=O)CN1C(=O)N(C)C2(CCCCC2)C1=O)c1ccccc1. The van der Waals surface area contributed by atoms with Gasteiger partial charge < -0.3 is 10.2 Å². The number of likely N-dealkylation sites (N-methyl/N-ethyl adjacent to an activating group) is 1. The fourth-order valence-electron chi connectivity index (χ4n) is 3.93. The Labute approximate surface area is 148 Å². The van der Waals surface area contributed by atoms with Crippen molar-refractivity contribution in [3.63, 3.8) is 0 Å². The van der Waals surface area contributed by atoms with Crippen LogP contribution >= 0.6 is 0 Å². The molecule has 2 aliphatic rings. The van der Waals surface area contributed by atoms with Gasteiger partial charge in [0, 0.05) is 7.05 Å². The summed E-state index contributed by atoms with van der Waals surface area (Å²) in [5.41, 5.74) is 0.247. The summed E-state index contributed by atoms with van der Waals surface area (Å²) in [6, 6.07) is 9.06. The first-order chi connectivity index (χ1) is 12.0. The van der Waals surface area contributed by atoms with Gasteiger partial charge in [-0.2, -0.15) is 0 Å². The van der Waals surface area contributed by atoms with Gasteiger partial charge in [0.1, 0.15) is 12.1 Å². The molecule has 6 nitrogen and oxygen atoms in total. The van der Waals surface area contributed by atoms with Crippen LogP contribution in [0, 0.1) is 0 Å². The number of carbonyl (C=O) groups is 3.